The van der Waals surface area contributed by atoms with E-state index in [1.165, 1.54) is 37.1 Å². The number of nitrogens with zero attached hydrogens (tertiary/aromatic N) is 2. The fourth-order valence-corrected chi connectivity index (χ4v) is 5.19. The molecule has 0 fully saturated rings. The SMILES string of the molecule is CCCCC(=Nc1ccccc1)C(CCCC)=Nc1ccccc1.CCCc1ccc(O)c(O)c1C(=O)[O-].CCCc1ccc(O)c(O)c1C(=O)[O-].[Pd+2]. The Morgan fingerprint density at radius 2 is 0.868 bits per heavy atom. The largest absolute Gasteiger partial charge is 2.00 e. The Balaban J connectivity index is 0.000000419. The standard InChI is InChI=1S/C22H28N2.2C10H12O4.Pd/c1-3-5-17-21(23-19-13-9-7-10-14-19)22(18-6-4-2)24-20-15-11-8-12-16-20;2*1-2-3-6-4-5-7(11)9(12)8(6)10(13)14;/h7-16H,3-6,17-18H2,1-2H3;2*4-5,11-12H,2-3H2,1H3,(H,13,14);/q;;;+2/p-2. The average molecular weight is 817 g/mol. The van der Waals surface area contributed by atoms with Crippen LogP contribution in [0.15, 0.2) is 94.9 Å². The molecule has 0 aliphatic carbocycles. The summed E-state index contributed by atoms with van der Waals surface area (Å²) in [7, 11) is 0. The molecular weight excluding hydrogens is 767 g/mol. The van der Waals surface area contributed by atoms with Crippen LogP contribution in [0.4, 0.5) is 11.4 Å². The topological polar surface area (TPSA) is 186 Å². The smallest absolute Gasteiger partial charge is 0.545 e. The minimum atomic E-state index is -1.47. The molecule has 0 aliphatic rings. The number of unbranched alkanes of at least 4 members (excludes halogenated alkanes) is 2. The van der Waals surface area contributed by atoms with E-state index in [-0.39, 0.29) is 31.5 Å². The van der Waals surface area contributed by atoms with Crippen LogP contribution >= 0.6 is 0 Å². The van der Waals surface area contributed by atoms with Crippen molar-refractivity contribution in [1.29, 1.82) is 0 Å². The first-order valence-corrected chi connectivity index (χ1v) is 17.7. The Bertz CT molecular complexity index is 1650. The zero-order valence-electron chi connectivity index (χ0n) is 30.8. The van der Waals surface area contributed by atoms with Gasteiger partial charge in [0.05, 0.1) is 34.7 Å². The van der Waals surface area contributed by atoms with Crippen LogP contribution in [-0.2, 0) is 33.3 Å². The van der Waals surface area contributed by atoms with Gasteiger partial charge in [0.25, 0.3) is 0 Å². The van der Waals surface area contributed by atoms with Crippen LogP contribution in [0.5, 0.6) is 23.0 Å². The van der Waals surface area contributed by atoms with Crippen LogP contribution in [0.25, 0.3) is 0 Å². The van der Waals surface area contributed by atoms with Crippen molar-refractivity contribution in [3.8, 4) is 23.0 Å². The molecule has 0 saturated heterocycles. The molecule has 0 heterocycles. The van der Waals surface area contributed by atoms with E-state index in [4.69, 9.17) is 20.2 Å². The van der Waals surface area contributed by atoms with Crippen molar-refractivity contribution in [2.24, 2.45) is 9.98 Å². The summed E-state index contributed by atoms with van der Waals surface area (Å²) < 4.78 is 0. The second kappa shape index (κ2) is 25.1. The van der Waals surface area contributed by atoms with Crippen LogP contribution in [0.1, 0.15) is 111 Å². The van der Waals surface area contributed by atoms with Gasteiger partial charge < -0.3 is 40.2 Å². The summed E-state index contributed by atoms with van der Waals surface area (Å²) in [5.74, 6) is -5.05. The number of para-hydroxylation sites is 2. The molecule has 0 unspecified atom stereocenters. The van der Waals surface area contributed by atoms with Crippen molar-refractivity contribution >= 4 is 34.7 Å². The van der Waals surface area contributed by atoms with Gasteiger partial charge in [-0.1, -0.05) is 102 Å². The Labute approximate surface area is 326 Å². The van der Waals surface area contributed by atoms with Crippen LogP contribution in [0, 0.1) is 0 Å². The number of phenolic OH excluding ortho intramolecular Hbond substituents is 2. The summed E-state index contributed by atoms with van der Waals surface area (Å²) in [6, 6.07) is 25.9. The van der Waals surface area contributed by atoms with Gasteiger partial charge in [-0.15, -0.1) is 0 Å². The summed E-state index contributed by atoms with van der Waals surface area (Å²) in [6.45, 7) is 8.23. The quantitative estimate of drug-likeness (QED) is 0.0533. The number of aromatic carboxylic acids is 2. The van der Waals surface area contributed by atoms with Crippen molar-refractivity contribution in [1.82, 2.24) is 0 Å². The van der Waals surface area contributed by atoms with Crippen molar-refractivity contribution in [2.45, 2.75) is 91.9 Å². The molecule has 286 valence electrons. The van der Waals surface area contributed by atoms with E-state index >= 15 is 0 Å². The molecule has 0 atom stereocenters. The summed E-state index contributed by atoms with van der Waals surface area (Å²) >= 11 is 0. The predicted molar refractivity (Wildman–Crippen MR) is 202 cm³/mol. The number of aryl methyl sites for hydroxylation is 2. The number of carbonyl (C=O) groups excluding carboxylic acids is 2. The molecule has 4 N–H and O–H groups in total. The van der Waals surface area contributed by atoms with E-state index in [0.717, 1.165) is 61.3 Å². The summed E-state index contributed by atoms with van der Waals surface area (Å²) in [6.07, 6.45) is 9.16. The summed E-state index contributed by atoms with van der Waals surface area (Å²) in [5, 5.41) is 58.2. The number of rotatable bonds is 15. The van der Waals surface area contributed by atoms with Gasteiger partial charge in [-0.2, -0.15) is 0 Å². The first kappa shape index (κ1) is 46.0. The number of carboxylic acids is 2. The van der Waals surface area contributed by atoms with Gasteiger partial charge in [0, 0.05) is 11.1 Å². The molecule has 53 heavy (non-hydrogen) atoms. The summed E-state index contributed by atoms with van der Waals surface area (Å²) in [4.78, 5) is 31.2. The molecular formula is C42H50N2O8Pd. The Morgan fingerprint density at radius 3 is 1.15 bits per heavy atom. The zero-order chi connectivity index (χ0) is 38.5. The van der Waals surface area contributed by atoms with Crippen LogP contribution in [0.2, 0.25) is 0 Å². The van der Waals surface area contributed by atoms with Gasteiger partial charge >= 0.3 is 20.4 Å². The number of benzene rings is 4. The second-order valence-corrected chi connectivity index (χ2v) is 12.0. The van der Waals surface area contributed by atoms with Gasteiger partial charge in [0.15, 0.2) is 23.0 Å². The molecule has 0 aromatic heterocycles. The zero-order valence-corrected chi connectivity index (χ0v) is 32.3. The van der Waals surface area contributed by atoms with E-state index in [1.807, 2.05) is 50.2 Å². The summed E-state index contributed by atoms with van der Waals surface area (Å²) in [5.41, 5.74) is 4.63. The number of carbonyl (C=O) groups is 2. The molecule has 0 radical (unpaired) electrons. The van der Waals surface area contributed by atoms with Crippen LogP contribution in [0.3, 0.4) is 0 Å². The number of carboxylic acid groups (broad SMARTS) is 2. The van der Waals surface area contributed by atoms with Gasteiger partial charge in [0.1, 0.15) is 0 Å². The maximum absolute atomic E-state index is 10.7. The molecule has 4 rings (SSSR count). The number of aromatic hydroxyl groups is 4. The van der Waals surface area contributed by atoms with E-state index in [9.17, 15) is 30.0 Å². The van der Waals surface area contributed by atoms with Gasteiger partial charge in [0.2, 0.25) is 0 Å². The molecule has 0 aliphatic heterocycles. The maximum atomic E-state index is 10.7. The van der Waals surface area contributed by atoms with Gasteiger partial charge in [-0.3, -0.25) is 9.98 Å². The molecule has 0 spiro atoms. The first-order valence-electron chi connectivity index (χ1n) is 17.7. The molecule has 4 aromatic rings. The van der Waals surface area contributed by atoms with Crippen LogP contribution < -0.4 is 10.2 Å². The van der Waals surface area contributed by atoms with Crippen molar-refractivity contribution < 1.29 is 60.7 Å². The predicted octanol–water partition coefficient (Wildman–Crippen LogP) is 7.74. The third kappa shape index (κ3) is 15.3. The minimum Gasteiger partial charge on any atom is -0.545 e. The normalized spacial score (nSPS) is 10.9. The van der Waals surface area contributed by atoms with E-state index in [1.54, 1.807) is 0 Å². The maximum Gasteiger partial charge on any atom is 2.00 e. The fraction of sp³-hybridized carbons (Fsp3) is 0.333. The Morgan fingerprint density at radius 1 is 0.528 bits per heavy atom. The molecule has 0 saturated carbocycles. The van der Waals surface area contributed by atoms with Gasteiger partial charge in [-0.25, -0.2) is 0 Å². The molecule has 10 nitrogen and oxygen atoms in total. The minimum absolute atomic E-state index is 0. The molecule has 0 bridgehead atoms. The Hall–Kier alpha value is -4.98. The number of phenols is 4. The average Bonchev–Trinajstić information content (AvgIpc) is 3.13. The third-order valence-corrected chi connectivity index (χ3v) is 7.84. The molecule has 0 amide bonds. The second-order valence-electron chi connectivity index (χ2n) is 12.0. The number of aliphatic imine (C=N–C) groups is 2. The number of hydrogen-bond donors (Lipinski definition) is 4. The first-order chi connectivity index (χ1) is 25.0. The van der Waals surface area contributed by atoms with Crippen molar-refractivity contribution in [3.63, 3.8) is 0 Å². The monoisotopic (exact) mass is 816 g/mol. The van der Waals surface area contributed by atoms with E-state index in [2.05, 4.69) is 38.1 Å². The fourth-order valence-electron chi connectivity index (χ4n) is 5.19. The van der Waals surface area contributed by atoms with Crippen molar-refractivity contribution in [2.75, 3.05) is 0 Å². The third-order valence-electron chi connectivity index (χ3n) is 7.84. The van der Waals surface area contributed by atoms with Crippen LogP contribution in [-0.4, -0.2) is 43.8 Å². The molecule has 4 aromatic carbocycles. The van der Waals surface area contributed by atoms with Gasteiger partial charge in [-0.05, 0) is 86.1 Å². The van der Waals surface area contributed by atoms with E-state index in [0.29, 0.717) is 24.0 Å². The number of hydrogen-bond acceptors (Lipinski definition) is 10. The molecule has 11 heteroatoms. The Kier molecular flexibility index (Phi) is 21.8. The van der Waals surface area contributed by atoms with Crippen molar-refractivity contribution in [3.05, 3.63) is 107 Å². The van der Waals surface area contributed by atoms with E-state index < -0.39 is 34.9 Å².